The zero-order valence-electron chi connectivity index (χ0n) is 10.6. The fourth-order valence-corrected chi connectivity index (χ4v) is 2.20. The fourth-order valence-electron chi connectivity index (χ4n) is 2.20. The topological polar surface area (TPSA) is 58.9 Å². The summed E-state index contributed by atoms with van der Waals surface area (Å²) in [4.78, 5) is 0. The van der Waals surface area contributed by atoms with E-state index in [9.17, 15) is 13.2 Å². The molecule has 0 radical (unpaired) electrons. The van der Waals surface area contributed by atoms with Crippen molar-refractivity contribution in [3.8, 4) is 11.5 Å². The summed E-state index contributed by atoms with van der Waals surface area (Å²) in [5, 5.41) is 18.2. The van der Waals surface area contributed by atoms with Gasteiger partial charge in [-0.05, 0) is 43.3 Å². The molecule has 1 aromatic carbocycles. The zero-order chi connectivity index (χ0) is 14.8. The molecular formula is C12H14BF3O4. The molecule has 0 spiro atoms. The van der Waals surface area contributed by atoms with Crippen LogP contribution in [0.25, 0.3) is 0 Å². The number of benzene rings is 1. The van der Waals surface area contributed by atoms with Crippen LogP contribution in [0.5, 0.6) is 11.5 Å². The number of rotatable bonds is 4. The lowest BCUT2D eigenvalue weighted by Gasteiger charge is -2.16. The number of alkyl halides is 3. The number of hydrogen-bond acceptors (Lipinski definition) is 4. The summed E-state index contributed by atoms with van der Waals surface area (Å²) in [5.74, 6) is -0.391. The molecule has 2 N–H and O–H groups in total. The SMILES string of the molecule is OB(O)c1cc(OC2CCCC2)cc(OC(F)(F)F)c1. The first kappa shape index (κ1) is 15.0. The van der Waals surface area contributed by atoms with Gasteiger partial charge in [-0.15, -0.1) is 13.2 Å². The third-order valence-electron chi connectivity index (χ3n) is 3.04. The maximum atomic E-state index is 12.2. The smallest absolute Gasteiger partial charge is 0.490 e. The van der Waals surface area contributed by atoms with E-state index in [4.69, 9.17) is 14.8 Å². The van der Waals surface area contributed by atoms with E-state index >= 15 is 0 Å². The molecule has 0 aromatic heterocycles. The minimum atomic E-state index is -4.84. The van der Waals surface area contributed by atoms with Gasteiger partial charge >= 0.3 is 13.5 Å². The summed E-state index contributed by atoms with van der Waals surface area (Å²) in [5.41, 5.74) is -0.111. The molecule has 0 aliphatic heterocycles. The third kappa shape index (κ3) is 4.31. The maximum Gasteiger partial charge on any atom is 0.573 e. The Morgan fingerprint density at radius 3 is 2.20 bits per heavy atom. The van der Waals surface area contributed by atoms with Gasteiger partial charge < -0.3 is 19.5 Å². The lowest BCUT2D eigenvalue weighted by atomic mass is 9.80. The van der Waals surface area contributed by atoms with Crippen molar-refractivity contribution < 1.29 is 32.7 Å². The van der Waals surface area contributed by atoms with Crippen LogP contribution in [0.3, 0.4) is 0 Å². The molecule has 2 rings (SSSR count). The molecule has 1 saturated carbocycles. The van der Waals surface area contributed by atoms with Gasteiger partial charge in [0.15, 0.2) is 0 Å². The van der Waals surface area contributed by atoms with Gasteiger partial charge in [-0.25, -0.2) is 0 Å². The summed E-state index contributed by atoms with van der Waals surface area (Å²) in [6.07, 6.45) is -1.20. The Morgan fingerprint density at radius 2 is 1.65 bits per heavy atom. The van der Waals surface area contributed by atoms with Gasteiger partial charge in [0, 0.05) is 6.07 Å². The van der Waals surface area contributed by atoms with Gasteiger partial charge in [-0.3, -0.25) is 0 Å². The summed E-state index contributed by atoms with van der Waals surface area (Å²) in [6, 6.07) is 3.31. The highest BCUT2D eigenvalue weighted by molar-refractivity contribution is 6.58. The second-order valence-electron chi connectivity index (χ2n) is 4.68. The highest BCUT2D eigenvalue weighted by Gasteiger charge is 2.32. The maximum absolute atomic E-state index is 12.2. The molecule has 1 aromatic rings. The predicted molar refractivity (Wildman–Crippen MR) is 65.8 cm³/mol. The zero-order valence-corrected chi connectivity index (χ0v) is 10.6. The Bertz CT molecular complexity index is 459. The highest BCUT2D eigenvalue weighted by atomic mass is 19.4. The van der Waals surface area contributed by atoms with E-state index in [0.29, 0.717) is 0 Å². The van der Waals surface area contributed by atoms with Gasteiger partial charge in [0.25, 0.3) is 0 Å². The molecule has 4 nitrogen and oxygen atoms in total. The minimum absolute atomic E-state index is 0.0557. The molecule has 0 amide bonds. The van der Waals surface area contributed by atoms with Crippen molar-refractivity contribution >= 4 is 12.6 Å². The van der Waals surface area contributed by atoms with Crippen LogP contribution in [0.2, 0.25) is 0 Å². The fraction of sp³-hybridized carbons (Fsp3) is 0.500. The summed E-state index contributed by atoms with van der Waals surface area (Å²) in [6.45, 7) is 0. The van der Waals surface area contributed by atoms with E-state index < -0.39 is 19.2 Å². The van der Waals surface area contributed by atoms with Crippen molar-refractivity contribution in [2.45, 2.75) is 38.1 Å². The van der Waals surface area contributed by atoms with Crippen LogP contribution in [-0.4, -0.2) is 29.6 Å². The second-order valence-corrected chi connectivity index (χ2v) is 4.68. The molecule has 20 heavy (non-hydrogen) atoms. The molecule has 8 heteroatoms. The van der Waals surface area contributed by atoms with Crippen LogP contribution in [0.1, 0.15) is 25.7 Å². The summed E-state index contributed by atoms with van der Waals surface area (Å²) in [7, 11) is -1.89. The lowest BCUT2D eigenvalue weighted by molar-refractivity contribution is -0.274. The summed E-state index contributed by atoms with van der Waals surface area (Å²) < 4.78 is 46.0. The molecular weight excluding hydrogens is 276 g/mol. The molecule has 0 saturated heterocycles. The first-order valence-electron chi connectivity index (χ1n) is 6.27. The molecule has 1 aliphatic rings. The van der Waals surface area contributed by atoms with Crippen molar-refractivity contribution in [1.82, 2.24) is 0 Å². The first-order valence-corrected chi connectivity index (χ1v) is 6.27. The van der Waals surface area contributed by atoms with Crippen LogP contribution in [0.15, 0.2) is 18.2 Å². The Balaban J connectivity index is 2.20. The van der Waals surface area contributed by atoms with Crippen LogP contribution in [0, 0.1) is 0 Å². The Morgan fingerprint density at radius 1 is 1.05 bits per heavy atom. The van der Waals surface area contributed by atoms with Crippen molar-refractivity contribution in [2.24, 2.45) is 0 Å². The minimum Gasteiger partial charge on any atom is -0.490 e. The molecule has 110 valence electrons. The van der Waals surface area contributed by atoms with Crippen molar-refractivity contribution in [3.05, 3.63) is 18.2 Å². The molecule has 0 bridgehead atoms. The Labute approximate surface area is 114 Å². The average molecular weight is 290 g/mol. The molecule has 0 atom stereocenters. The Hall–Kier alpha value is -1.41. The van der Waals surface area contributed by atoms with Crippen LogP contribution < -0.4 is 14.9 Å². The van der Waals surface area contributed by atoms with E-state index in [2.05, 4.69) is 4.74 Å². The lowest BCUT2D eigenvalue weighted by Crippen LogP contribution is -2.30. The van der Waals surface area contributed by atoms with E-state index in [1.54, 1.807) is 0 Å². The number of halogens is 3. The highest BCUT2D eigenvalue weighted by Crippen LogP contribution is 2.28. The van der Waals surface area contributed by atoms with Gasteiger partial charge in [-0.2, -0.15) is 0 Å². The monoisotopic (exact) mass is 290 g/mol. The third-order valence-corrected chi connectivity index (χ3v) is 3.04. The van der Waals surface area contributed by atoms with Crippen molar-refractivity contribution in [2.75, 3.05) is 0 Å². The average Bonchev–Trinajstić information content (AvgIpc) is 2.78. The summed E-state index contributed by atoms with van der Waals surface area (Å²) >= 11 is 0. The quantitative estimate of drug-likeness (QED) is 0.827. The molecule has 1 fully saturated rings. The van der Waals surface area contributed by atoms with E-state index in [1.165, 1.54) is 6.07 Å². The van der Waals surface area contributed by atoms with Gasteiger partial charge in [-0.1, -0.05) is 0 Å². The number of ether oxygens (including phenoxy) is 2. The molecule has 0 unspecified atom stereocenters. The van der Waals surface area contributed by atoms with Crippen LogP contribution in [-0.2, 0) is 0 Å². The molecule has 1 aliphatic carbocycles. The standard InChI is InChI=1S/C12H14BF3O4/c14-12(15,16)20-11-6-8(13(17)18)5-10(7-11)19-9-3-1-2-4-9/h5-7,9,17-18H,1-4H2. The normalized spacial score (nSPS) is 16.2. The van der Waals surface area contributed by atoms with Gasteiger partial charge in [0.2, 0.25) is 0 Å². The van der Waals surface area contributed by atoms with Gasteiger partial charge in [0.05, 0.1) is 6.10 Å². The molecule has 0 heterocycles. The van der Waals surface area contributed by atoms with Crippen LogP contribution >= 0.6 is 0 Å². The van der Waals surface area contributed by atoms with Crippen LogP contribution in [0.4, 0.5) is 13.2 Å². The largest absolute Gasteiger partial charge is 0.573 e. The van der Waals surface area contributed by atoms with E-state index in [1.807, 2.05) is 0 Å². The predicted octanol–water partition coefficient (Wildman–Crippen LogP) is 1.59. The Kier molecular flexibility index (Phi) is 4.44. The number of hydrogen-bond donors (Lipinski definition) is 2. The van der Waals surface area contributed by atoms with Crippen molar-refractivity contribution in [1.29, 1.82) is 0 Å². The van der Waals surface area contributed by atoms with E-state index in [0.717, 1.165) is 37.8 Å². The van der Waals surface area contributed by atoms with Crippen molar-refractivity contribution in [3.63, 3.8) is 0 Å². The second kappa shape index (κ2) is 5.93. The van der Waals surface area contributed by atoms with Gasteiger partial charge in [0.1, 0.15) is 11.5 Å². The van der Waals surface area contributed by atoms with E-state index in [-0.39, 0.29) is 17.3 Å². The first-order chi connectivity index (χ1) is 9.33.